The van der Waals surface area contributed by atoms with E-state index in [0.29, 0.717) is 23.6 Å². The molecule has 0 atom stereocenters. The molecule has 0 heterocycles. The molecule has 1 amide bonds. The van der Waals surface area contributed by atoms with E-state index in [4.69, 9.17) is 16.7 Å². The second-order valence-electron chi connectivity index (χ2n) is 4.21. The normalized spacial score (nSPS) is 17.0. The van der Waals surface area contributed by atoms with Crippen molar-refractivity contribution in [1.82, 2.24) is 0 Å². The number of rotatable bonds is 3. The molecule has 0 unspecified atom stereocenters. The van der Waals surface area contributed by atoms with Gasteiger partial charge in [0.05, 0.1) is 0 Å². The van der Waals surface area contributed by atoms with Crippen molar-refractivity contribution in [2.75, 3.05) is 5.32 Å². The predicted molar refractivity (Wildman–Crippen MR) is 64.0 cm³/mol. The molecule has 0 saturated heterocycles. The molecule has 1 saturated carbocycles. The number of carbonyl (C=O) groups excluding carboxylic acids is 1. The summed E-state index contributed by atoms with van der Waals surface area (Å²) in [6, 6.07) is 6.66. The van der Waals surface area contributed by atoms with Crippen LogP contribution in [0.5, 0.6) is 0 Å². The Hall–Kier alpha value is -1.55. The van der Waals surface area contributed by atoms with Crippen molar-refractivity contribution in [3.05, 3.63) is 29.3 Å². The van der Waals surface area contributed by atoms with Crippen molar-refractivity contribution in [2.24, 2.45) is 5.41 Å². The Morgan fingerprint density at radius 1 is 1.35 bits per heavy atom. The first-order valence-electron chi connectivity index (χ1n) is 5.35. The molecule has 0 aromatic heterocycles. The molecule has 0 radical (unpaired) electrons. The van der Waals surface area contributed by atoms with Crippen LogP contribution in [0.2, 0.25) is 5.02 Å². The highest BCUT2D eigenvalue weighted by Crippen LogP contribution is 2.42. The van der Waals surface area contributed by atoms with Crippen LogP contribution in [0.15, 0.2) is 24.3 Å². The maximum atomic E-state index is 11.9. The Balaban J connectivity index is 2.14. The molecule has 1 fully saturated rings. The van der Waals surface area contributed by atoms with Crippen LogP contribution in [-0.4, -0.2) is 17.0 Å². The molecule has 1 aliphatic carbocycles. The van der Waals surface area contributed by atoms with Gasteiger partial charge in [0.25, 0.3) is 0 Å². The molecule has 5 heteroatoms. The van der Waals surface area contributed by atoms with Gasteiger partial charge in [-0.1, -0.05) is 24.1 Å². The third kappa shape index (κ3) is 2.13. The van der Waals surface area contributed by atoms with E-state index in [1.54, 1.807) is 24.3 Å². The first kappa shape index (κ1) is 11.9. The van der Waals surface area contributed by atoms with Crippen LogP contribution in [0.4, 0.5) is 5.69 Å². The zero-order chi connectivity index (χ0) is 12.5. The number of carboxylic acids is 1. The van der Waals surface area contributed by atoms with Crippen molar-refractivity contribution < 1.29 is 14.7 Å². The average Bonchev–Trinajstić information content (AvgIpc) is 2.14. The molecular formula is C12H12ClNO3. The Morgan fingerprint density at radius 2 is 2.06 bits per heavy atom. The Labute approximate surface area is 104 Å². The maximum Gasteiger partial charge on any atom is 0.319 e. The maximum absolute atomic E-state index is 11.9. The zero-order valence-corrected chi connectivity index (χ0v) is 9.83. The third-order valence-corrected chi connectivity index (χ3v) is 3.37. The number of anilines is 1. The number of halogens is 1. The smallest absolute Gasteiger partial charge is 0.319 e. The van der Waals surface area contributed by atoms with Crippen molar-refractivity contribution in [2.45, 2.75) is 19.3 Å². The Kier molecular flexibility index (Phi) is 3.07. The standard InChI is InChI=1S/C12H12ClNO3/c13-8-3-1-4-9(7-8)14-10(15)12(11(16)17)5-2-6-12/h1,3-4,7H,2,5-6H2,(H,14,15)(H,16,17). The van der Waals surface area contributed by atoms with Crippen LogP contribution in [0.1, 0.15) is 19.3 Å². The summed E-state index contributed by atoms with van der Waals surface area (Å²) in [6.45, 7) is 0. The second kappa shape index (κ2) is 4.37. The highest BCUT2D eigenvalue weighted by molar-refractivity contribution is 6.31. The summed E-state index contributed by atoms with van der Waals surface area (Å²) in [6.07, 6.45) is 1.57. The molecule has 1 aromatic carbocycles. The number of nitrogens with one attached hydrogen (secondary N) is 1. The van der Waals surface area contributed by atoms with Gasteiger partial charge in [-0.15, -0.1) is 0 Å². The minimum absolute atomic E-state index is 0.398. The van der Waals surface area contributed by atoms with E-state index in [1.807, 2.05) is 0 Å². The van der Waals surface area contributed by atoms with Crippen molar-refractivity contribution in [1.29, 1.82) is 0 Å². The fourth-order valence-electron chi connectivity index (χ4n) is 1.89. The summed E-state index contributed by atoms with van der Waals surface area (Å²) in [5.41, 5.74) is -0.725. The molecule has 17 heavy (non-hydrogen) atoms. The Morgan fingerprint density at radius 3 is 2.53 bits per heavy atom. The molecule has 90 valence electrons. The second-order valence-corrected chi connectivity index (χ2v) is 4.64. The fraction of sp³-hybridized carbons (Fsp3) is 0.333. The molecular weight excluding hydrogens is 242 g/mol. The van der Waals surface area contributed by atoms with Crippen LogP contribution in [0.25, 0.3) is 0 Å². The number of hydrogen-bond donors (Lipinski definition) is 2. The van der Waals surface area contributed by atoms with E-state index in [9.17, 15) is 9.59 Å². The number of carboxylic acid groups (broad SMARTS) is 1. The van der Waals surface area contributed by atoms with Gasteiger partial charge in [0.1, 0.15) is 5.41 Å². The average molecular weight is 254 g/mol. The summed E-state index contributed by atoms with van der Waals surface area (Å²) in [5, 5.41) is 12.2. The van der Waals surface area contributed by atoms with Crippen molar-refractivity contribution in [3.63, 3.8) is 0 Å². The van der Waals surface area contributed by atoms with Gasteiger partial charge in [-0.2, -0.15) is 0 Å². The lowest BCUT2D eigenvalue weighted by Gasteiger charge is -2.35. The van der Waals surface area contributed by atoms with Crippen LogP contribution in [0.3, 0.4) is 0 Å². The molecule has 4 nitrogen and oxygen atoms in total. The van der Waals surface area contributed by atoms with E-state index in [-0.39, 0.29) is 0 Å². The largest absolute Gasteiger partial charge is 0.480 e. The summed E-state index contributed by atoms with van der Waals surface area (Å²) in [4.78, 5) is 23.0. The molecule has 2 rings (SSSR count). The summed E-state index contributed by atoms with van der Waals surface area (Å²) in [5.74, 6) is -1.51. The first-order valence-corrected chi connectivity index (χ1v) is 5.73. The first-order chi connectivity index (χ1) is 8.04. The molecule has 0 bridgehead atoms. The lowest BCUT2D eigenvalue weighted by molar-refractivity contribution is -0.159. The number of amides is 1. The highest BCUT2D eigenvalue weighted by atomic mass is 35.5. The van der Waals surface area contributed by atoms with Crippen LogP contribution >= 0.6 is 11.6 Å². The molecule has 2 N–H and O–H groups in total. The van der Waals surface area contributed by atoms with Crippen LogP contribution in [0, 0.1) is 5.41 Å². The quantitative estimate of drug-likeness (QED) is 0.814. The molecule has 0 aliphatic heterocycles. The van der Waals surface area contributed by atoms with Gasteiger partial charge >= 0.3 is 5.97 Å². The van der Waals surface area contributed by atoms with E-state index >= 15 is 0 Å². The van der Waals surface area contributed by atoms with Gasteiger partial charge in [-0.3, -0.25) is 9.59 Å². The van der Waals surface area contributed by atoms with Gasteiger partial charge in [0, 0.05) is 10.7 Å². The van der Waals surface area contributed by atoms with Gasteiger partial charge < -0.3 is 10.4 Å². The SMILES string of the molecule is O=C(O)C1(C(=O)Nc2cccc(Cl)c2)CCC1. The highest BCUT2D eigenvalue weighted by Gasteiger charge is 2.51. The van der Waals surface area contributed by atoms with Gasteiger partial charge in [0.2, 0.25) is 5.91 Å². The molecule has 1 aliphatic rings. The van der Waals surface area contributed by atoms with Gasteiger partial charge in [0.15, 0.2) is 0 Å². The topological polar surface area (TPSA) is 66.4 Å². The molecule has 1 aromatic rings. The van der Waals surface area contributed by atoms with Gasteiger partial charge in [-0.25, -0.2) is 0 Å². The monoisotopic (exact) mass is 253 g/mol. The number of aliphatic carboxylic acids is 1. The Bertz CT molecular complexity index is 469. The van der Waals surface area contributed by atoms with E-state index in [2.05, 4.69) is 5.32 Å². The summed E-state index contributed by atoms with van der Waals surface area (Å²) in [7, 11) is 0. The predicted octanol–water partition coefficient (Wildman–Crippen LogP) is 2.53. The third-order valence-electron chi connectivity index (χ3n) is 3.13. The summed E-state index contributed by atoms with van der Waals surface area (Å²) < 4.78 is 0. The van der Waals surface area contributed by atoms with Crippen molar-refractivity contribution >= 4 is 29.2 Å². The number of benzene rings is 1. The minimum atomic E-state index is -1.25. The lowest BCUT2D eigenvalue weighted by atomic mass is 9.68. The fourth-order valence-corrected chi connectivity index (χ4v) is 2.08. The molecule has 0 spiro atoms. The van der Waals surface area contributed by atoms with Crippen LogP contribution < -0.4 is 5.32 Å². The van der Waals surface area contributed by atoms with E-state index in [0.717, 1.165) is 6.42 Å². The number of carbonyl (C=O) groups is 2. The van der Waals surface area contributed by atoms with E-state index < -0.39 is 17.3 Å². The zero-order valence-electron chi connectivity index (χ0n) is 9.07. The lowest BCUT2D eigenvalue weighted by Crippen LogP contribution is -2.48. The number of hydrogen-bond acceptors (Lipinski definition) is 2. The van der Waals surface area contributed by atoms with Crippen molar-refractivity contribution in [3.8, 4) is 0 Å². The van der Waals surface area contributed by atoms with Crippen LogP contribution in [-0.2, 0) is 9.59 Å². The van der Waals surface area contributed by atoms with E-state index in [1.165, 1.54) is 0 Å². The van der Waals surface area contributed by atoms with Gasteiger partial charge in [-0.05, 0) is 31.0 Å². The minimum Gasteiger partial charge on any atom is -0.480 e. The summed E-state index contributed by atoms with van der Waals surface area (Å²) >= 11 is 5.79.